The number of aromatic amines is 1. The lowest BCUT2D eigenvalue weighted by Gasteiger charge is -2.26. The molecule has 2 N–H and O–H groups in total. The number of aromatic nitrogens is 2. The molecule has 1 aliphatic rings. The highest BCUT2D eigenvalue weighted by atomic mass is 35.5. The van der Waals surface area contributed by atoms with Gasteiger partial charge in [0.15, 0.2) is 0 Å². The third-order valence-electron chi connectivity index (χ3n) is 5.28. The van der Waals surface area contributed by atoms with Crippen molar-refractivity contribution in [3.8, 4) is 17.1 Å². The van der Waals surface area contributed by atoms with Gasteiger partial charge in [-0.05, 0) is 37.2 Å². The van der Waals surface area contributed by atoms with Crippen LogP contribution >= 0.6 is 11.6 Å². The molecule has 1 saturated heterocycles. The predicted molar refractivity (Wildman–Crippen MR) is 117 cm³/mol. The van der Waals surface area contributed by atoms with Gasteiger partial charge in [0.2, 0.25) is 0 Å². The van der Waals surface area contributed by atoms with Crippen LogP contribution in [-0.4, -0.2) is 67.3 Å². The Hall–Kier alpha value is -2.68. The Bertz CT molecular complexity index is 1040. The zero-order valence-electron chi connectivity index (χ0n) is 17.2. The number of fused-ring (bicyclic) bond motifs is 1. The van der Waals surface area contributed by atoms with Gasteiger partial charge >= 0.3 is 0 Å². The first kappa shape index (κ1) is 21.5. The molecular formula is C22H24ClFN4O3. The van der Waals surface area contributed by atoms with E-state index in [4.69, 9.17) is 21.1 Å². The van der Waals surface area contributed by atoms with Gasteiger partial charge in [0.25, 0.3) is 5.91 Å². The number of nitrogens with zero attached hydrogens (tertiary/aromatic N) is 2. The van der Waals surface area contributed by atoms with Crippen LogP contribution in [0, 0.1) is 5.82 Å². The van der Waals surface area contributed by atoms with Gasteiger partial charge in [-0.3, -0.25) is 9.69 Å². The molecule has 4 rings (SSSR count). The number of ether oxygens (including phenoxy) is 2. The quantitative estimate of drug-likeness (QED) is 0.543. The lowest BCUT2D eigenvalue weighted by Crippen LogP contribution is -2.38. The molecule has 0 spiro atoms. The minimum absolute atomic E-state index is 0.0122. The average Bonchev–Trinajstić information content (AvgIpc) is 3.19. The Morgan fingerprint density at radius 1 is 1.32 bits per heavy atom. The number of hydrogen-bond acceptors (Lipinski definition) is 5. The van der Waals surface area contributed by atoms with E-state index in [9.17, 15) is 9.18 Å². The fourth-order valence-electron chi connectivity index (χ4n) is 3.59. The third kappa shape index (κ3) is 4.98. The van der Waals surface area contributed by atoms with Crippen molar-refractivity contribution in [2.75, 3.05) is 46.5 Å². The summed E-state index contributed by atoms with van der Waals surface area (Å²) in [6.07, 6.45) is 0.874. The molecule has 1 aromatic heterocycles. The molecule has 9 heteroatoms. The van der Waals surface area contributed by atoms with Crippen LogP contribution in [0.25, 0.3) is 22.4 Å². The molecule has 2 heterocycles. The maximum absolute atomic E-state index is 13.7. The number of imidazole rings is 1. The second kappa shape index (κ2) is 9.64. The number of morpholine rings is 1. The molecule has 0 bridgehead atoms. The molecule has 7 nitrogen and oxygen atoms in total. The van der Waals surface area contributed by atoms with Crippen molar-refractivity contribution in [1.82, 2.24) is 20.2 Å². The van der Waals surface area contributed by atoms with Crippen molar-refractivity contribution in [2.24, 2.45) is 0 Å². The summed E-state index contributed by atoms with van der Waals surface area (Å²) in [6.45, 7) is 4.94. The summed E-state index contributed by atoms with van der Waals surface area (Å²) in [6, 6.07) is 7.93. The molecule has 3 aromatic rings. The van der Waals surface area contributed by atoms with Crippen LogP contribution in [0.4, 0.5) is 4.39 Å². The van der Waals surface area contributed by atoms with E-state index in [0.29, 0.717) is 40.3 Å². The smallest absolute Gasteiger partial charge is 0.251 e. The van der Waals surface area contributed by atoms with Crippen molar-refractivity contribution >= 4 is 28.5 Å². The maximum atomic E-state index is 13.7. The zero-order chi connectivity index (χ0) is 21.8. The summed E-state index contributed by atoms with van der Waals surface area (Å²) in [5.74, 6) is 0.319. The summed E-state index contributed by atoms with van der Waals surface area (Å²) >= 11 is 5.85. The van der Waals surface area contributed by atoms with Crippen molar-refractivity contribution < 1.29 is 18.7 Å². The SMILES string of the molecule is COc1cc(C(=O)NCCCN2CCOCC2)ccc1-c1nc2cc(Cl)c(F)cc2[nH]1. The minimum atomic E-state index is -0.517. The minimum Gasteiger partial charge on any atom is -0.496 e. The number of nitrogens with one attached hydrogen (secondary N) is 2. The first-order valence-corrected chi connectivity index (χ1v) is 10.5. The summed E-state index contributed by atoms with van der Waals surface area (Å²) in [5.41, 5.74) is 2.24. The number of benzene rings is 2. The van der Waals surface area contributed by atoms with Gasteiger partial charge in [0, 0.05) is 31.3 Å². The highest BCUT2D eigenvalue weighted by molar-refractivity contribution is 6.31. The van der Waals surface area contributed by atoms with Gasteiger partial charge in [-0.25, -0.2) is 9.37 Å². The molecule has 1 amide bonds. The molecule has 1 aliphatic heterocycles. The molecule has 0 radical (unpaired) electrons. The Kier molecular flexibility index (Phi) is 6.70. The number of H-pyrrole nitrogens is 1. The second-order valence-electron chi connectivity index (χ2n) is 7.35. The van der Waals surface area contributed by atoms with E-state index in [1.54, 1.807) is 18.2 Å². The molecular weight excluding hydrogens is 423 g/mol. The molecule has 0 unspecified atom stereocenters. The monoisotopic (exact) mass is 446 g/mol. The van der Waals surface area contributed by atoms with Crippen LogP contribution in [0.5, 0.6) is 5.75 Å². The highest BCUT2D eigenvalue weighted by Crippen LogP contribution is 2.31. The summed E-state index contributed by atoms with van der Waals surface area (Å²) in [4.78, 5) is 22.4. The van der Waals surface area contributed by atoms with Crippen molar-refractivity contribution in [2.45, 2.75) is 6.42 Å². The van der Waals surface area contributed by atoms with E-state index in [-0.39, 0.29) is 10.9 Å². The number of halogens is 2. The van der Waals surface area contributed by atoms with E-state index in [1.165, 1.54) is 19.2 Å². The largest absolute Gasteiger partial charge is 0.496 e. The molecule has 1 fully saturated rings. The number of carbonyl (C=O) groups is 1. The van der Waals surface area contributed by atoms with E-state index in [2.05, 4.69) is 20.2 Å². The van der Waals surface area contributed by atoms with Gasteiger partial charge in [0.05, 0.1) is 41.9 Å². The first-order valence-electron chi connectivity index (χ1n) is 10.2. The van der Waals surface area contributed by atoms with Crippen LogP contribution in [0.2, 0.25) is 5.02 Å². The van der Waals surface area contributed by atoms with Crippen LogP contribution in [0.1, 0.15) is 16.8 Å². The van der Waals surface area contributed by atoms with Gasteiger partial charge in [-0.15, -0.1) is 0 Å². The Morgan fingerprint density at radius 2 is 2.13 bits per heavy atom. The third-order valence-corrected chi connectivity index (χ3v) is 5.57. The number of rotatable bonds is 7. The summed E-state index contributed by atoms with van der Waals surface area (Å²) in [5, 5.41) is 2.96. The van der Waals surface area contributed by atoms with E-state index >= 15 is 0 Å². The first-order chi connectivity index (χ1) is 15.0. The van der Waals surface area contributed by atoms with Crippen molar-refractivity contribution in [3.63, 3.8) is 0 Å². The zero-order valence-corrected chi connectivity index (χ0v) is 18.0. The lowest BCUT2D eigenvalue weighted by atomic mass is 10.1. The van der Waals surface area contributed by atoms with E-state index < -0.39 is 5.82 Å². The van der Waals surface area contributed by atoms with Gasteiger partial charge in [0.1, 0.15) is 17.4 Å². The number of hydrogen-bond donors (Lipinski definition) is 2. The van der Waals surface area contributed by atoms with Gasteiger partial charge < -0.3 is 19.8 Å². The predicted octanol–water partition coefficient (Wildman–Crippen LogP) is 3.48. The summed E-state index contributed by atoms with van der Waals surface area (Å²) in [7, 11) is 1.53. The van der Waals surface area contributed by atoms with Crippen LogP contribution in [-0.2, 0) is 4.74 Å². The Balaban J connectivity index is 1.43. The molecule has 31 heavy (non-hydrogen) atoms. The lowest BCUT2D eigenvalue weighted by molar-refractivity contribution is 0.0374. The standard InChI is InChI=1S/C22H24ClFN4O3/c1-30-20-11-14(22(29)25-5-2-6-28-7-9-31-10-8-28)3-4-15(20)21-26-18-12-16(23)17(24)13-19(18)27-21/h3-4,11-13H,2,5-10H2,1H3,(H,25,29)(H,26,27). The number of carbonyl (C=O) groups excluding carboxylic acids is 1. The highest BCUT2D eigenvalue weighted by Gasteiger charge is 2.16. The summed E-state index contributed by atoms with van der Waals surface area (Å²) < 4.78 is 24.5. The fourth-order valence-corrected chi connectivity index (χ4v) is 3.75. The van der Waals surface area contributed by atoms with Crippen LogP contribution in [0.3, 0.4) is 0 Å². The molecule has 0 saturated carbocycles. The number of amides is 1. The van der Waals surface area contributed by atoms with Crippen molar-refractivity contribution in [1.29, 1.82) is 0 Å². The topological polar surface area (TPSA) is 79.5 Å². The molecule has 164 valence electrons. The van der Waals surface area contributed by atoms with Crippen LogP contribution < -0.4 is 10.1 Å². The Labute approximate surface area is 184 Å². The average molecular weight is 447 g/mol. The van der Waals surface area contributed by atoms with E-state index in [0.717, 1.165) is 39.3 Å². The normalized spacial score (nSPS) is 14.7. The van der Waals surface area contributed by atoms with Gasteiger partial charge in [-0.1, -0.05) is 11.6 Å². The molecule has 0 atom stereocenters. The molecule has 0 aliphatic carbocycles. The van der Waals surface area contributed by atoms with Crippen LogP contribution in [0.15, 0.2) is 30.3 Å². The second-order valence-corrected chi connectivity index (χ2v) is 7.75. The van der Waals surface area contributed by atoms with Gasteiger partial charge in [-0.2, -0.15) is 0 Å². The fraction of sp³-hybridized carbons (Fsp3) is 0.364. The Morgan fingerprint density at radius 3 is 2.90 bits per heavy atom. The van der Waals surface area contributed by atoms with E-state index in [1.807, 2.05) is 0 Å². The van der Waals surface area contributed by atoms with Crippen molar-refractivity contribution in [3.05, 3.63) is 46.7 Å². The molecule has 2 aromatic carbocycles. The number of methoxy groups -OCH3 is 1. The maximum Gasteiger partial charge on any atom is 0.251 e.